The summed E-state index contributed by atoms with van der Waals surface area (Å²) in [5.41, 5.74) is 9.84. The summed E-state index contributed by atoms with van der Waals surface area (Å²) in [6.45, 7) is 14.0. The molecule has 0 amide bonds. The topological polar surface area (TPSA) is 59.6 Å². The zero-order valence-corrected chi connectivity index (χ0v) is 17.4. The number of aliphatic imine (C=N–C) groups is 1. The molecule has 4 nitrogen and oxygen atoms in total. The summed E-state index contributed by atoms with van der Waals surface area (Å²) in [6.07, 6.45) is 3.89. The first-order valence-corrected chi connectivity index (χ1v) is 9.72. The second-order valence-electron chi connectivity index (χ2n) is 6.47. The Morgan fingerprint density at radius 2 is 1.89 bits per heavy atom. The van der Waals surface area contributed by atoms with E-state index in [1.807, 2.05) is 33.8 Å². The average Bonchev–Trinajstić information content (AvgIpc) is 2.69. The maximum Gasteiger partial charge on any atom is 0.133 e. The molecule has 0 aliphatic rings. The fraction of sp³-hybridized carbons (Fsp3) is 0.292. The van der Waals surface area contributed by atoms with Crippen LogP contribution in [-0.2, 0) is 0 Å². The van der Waals surface area contributed by atoms with Gasteiger partial charge in [0.2, 0.25) is 0 Å². The third-order valence-electron chi connectivity index (χ3n) is 4.35. The van der Waals surface area contributed by atoms with Crippen molar-refractivity contribution < 1.29 is 4.74 Å². The van der Waals surface area contributed by atoms with E-state index in [4.69, 9.17) is 10.5 Å². The minimum Gasteiger partial charge on any atom is -0.494 e. The van der Waals surface area contributed by atoms with Crippen LogP contribution in [0.15, 0.2) is 71.0 Å². The predicted molar refractivity (Wildman–Crippen MR) is 122 cm³/mol. The number of benzene rings is 2. The molecule has 0 heterocycles. The first-order valence-electron chi connectivity index (χ1n) is 9.72. The summed E-state index contributed by atoms with van der Waals surface area (Å²) in [4.78, 5) is 4.54. The molecule has 0 aliphatic carbocycles. The Labute approximate surface area is 168 Å². The van der Waals surface area contributed by atoms with Gasteiger partial charge in [0.1, 0.15) is 11.6 Å². The van der Waals surface area contributed by atoms with Crippen LogP contribution in [0.2, 0.25) is 0 Å². The highest BCUT2D eigenvalue weighted by atomic mass is 16.5. The standard InChI is InChI=1S/C24H31N3O/c1-6-22(23(17(4)5)24(26-7-2)27-14-13-25)20-10-9-19-16-21(28-8-3)12-11-18(19)15-20/h6-7,9-12,15-16,27H,4,8,13-14,25H2,1-3,5H3/b22-6-,24-23-,26-7-. The normalized spacial score (nSPS) is 13.0. The summed E-state index contributed by atoms with van der Waals surface area (Å²) < 4.78 is 5.61. The third kappa shape index (κ3) is 5.11. The summed E-state index contributed by atoms with van der Waals surface area (Å²) >= 11 is 0. The highest BCUT2D eigenvalue weighted by Gasteiger charge is 2.14. The lowest BCUT2D eigenvalue weighted by Gasteiger charge is -2.18. The smallest absolute Gasteiger partial charge is 0.133 e. The molecular formula is C24H31N3O. The van der Waals surface area contributed by atoms with Crippen molar-refractivity contribution in [1.29, 1.82) is 0 Å². The Hall–Kier alpha value is -2.85. The molecule has 0 aliphatic heterocycles. The van der Waals surface area contributed by atoms with Crippen LogP contribution in [-0.4, -0.2) is 25.9 Å². The highest BCUT2D eigenvalue weighted by Crippen LogP contribution is 2.32. The van der Waals surface area contributed by atoms with E-state index in [0.29, 0.717) is 19.7 Å². The van der Waals surface area contributed by atoms with E-state index in [0.717, 1.165) is 44.6 Å². The minimum absolute atomic E-state index is 0.537. The van der Waals surface area contributed by atoms with Crippen LogP contribution in [0, 0.1) is 0 Å². The lowest BCUT2D eigenvalue weighted by molar-refractivity contribution is 0.341. The van der Waals surface area contributed by atoms with E-state index < -0.39 is 0 Å². The van der Waals surface area contributed by atoms with E-state index in [2.05, 4.69) is 53.3 Å². The van der Waals surface area contributed by atoms with Crippen LogP contribution in [0.1, 0.15) is 33.3 Å². The van der Waals surface area contributed by atoms with Crippen LogP contribution in [0.4, 0.5) is 0 Å². The second kappa shape index (κ2) is 10.5. The number of hydrogen-bond donors (Lipinski definition) is 2. The summed E-state index contributed by atoms with van der Waals surface area (Å²) in [5.74, 6) is 1.68. The van der Waals surface area contributed by atoms with Crippen molar-refractivity contribution in [3.8, 4) is 5.75 Å². The molecule has 0 saturated carbocycles. The third-order valence-corrected chi connectivity index (χ3v) is 4.35. The lowest BCUT2D eigenvalue weighted by atomic mass is 9.91. The van der Waals surface area contributed by atoms with E-state index in [9.17, 15) is 0 Å². The molecule has 2 aromatic rings. The number of allylic oxidation sites excluding steroid dienone is 4. The van der Waals surface area contributed by atoms with Crippen molar-refractivity contribution in [2.45, 2.75) is 27.7 Å². The van der Waals surface area contributed by atoms with Gasteiger partial charge in [-0.15, -0.1) is 0 Å². The minimum atomic E-state index is 0.537. The van der Waals surface area contributed by atoms with E-state index in [-0.39, 0.29) is 0 Å². The summed E-state index contributed by atoms with van der Waals surface area (Å²) in [6, 6.07) is 12.6. The first-order chi connectivity index (χ1) is 13.5. The quantitative estimate of drug-likeness (QED) is 0.474. The molecule has 2 aromatic carbocycles. The Bertz CT molecular complexity index is 923. The largest absolute Gasteiger partial charge is 0.494 e. The Morgan fingerprint density at radius 3 is 2.50 bits per heavy atom. The van der Waals surface area contributed by atoms with Gasteiger partial charge in [0.15, 0.2) is 0 Å². The maximum atomic E-state index is 5.68. The molecule has 3 N–H and O–H groups in total. The fourth-order valence-corrected chi connectivity index (χ4v) is 3.18. The molecule has 4 heteroatoms. The van der Waals surface area contributed by atoms with Gasteiger partial charge in [0, 0.05) is 24.9 Å². The zero-order chi connectivity index (χ0) is 20.5. The van der Waals surface area contributed by atoms with Gasteiger partial charge < -0.3 is 15.8 Å². The molecule has 0 atom stereocenters. The molecule has 0 radical (unpaired) electrons. The number of nitrogens with one attached hydrogen (secondary N) is 1. The molecule has 0 aromatic heterocycles. The van der Waals surface area contributed by atoms with Gasteiger partial charge >= 0.3 is 0 Å². The van der Waals surface area contributed by atoms with Gasteiger partial charge in [0.05, 0.1) is 6.61 Å². The molecule has 0 saturated heterocycles. The molecule has 0 unspecified atom stereocenters. The van der Waals surface area contributed by atoms with Gasteiger partial charge in [-0.1, -0.05) is 30.9 Å². The van der Waals surface area contributed by atoms with Crippen molar-refractivity contribution in [1.82, 2.24) is 5.32 Å². The number of nitrogens with two attached hydrogens (primary N) is 1. The van der Waals surface area contributed by atoms with Gasteiger partial charge in [-0.3, -0.25) is 0 Å². The number of hydrogen-bond acceptors (Lipinski definition) is 4. The Balaban J connectivity index is 2.57. The number of rotatable bonds is 9. The average molecular weight is 378 g/mol. The van der Waals surface area contributed by atoms with Crippen molar-refractivity contribution in [3.63, 3.8) is 0 Å². The Kier molecular flexibility index (Phi) is 8.02. The number of fused-ring (bicyclic) bond motifs is 1. The second-order valence-corrected chi connectivity index (χ2v) is 6.47. The van der Waals surface area contributed by atoms with Crippen LogP contribution < -0.4 is 15.8 Å². The maximum absolute atomic E-state index is 5.68. The molecule has 2 rings (SSSR count). The SMILES string of the molecule is C=C(C)C(/C(=C\C)c1ccc2cc(OCC)ccc2c1)=C(\N=C/C)NCCN. The van der Waals surface area contributed by atoms with Gasteiger partial charge in [-0.05, 0) is 73.4 Å². The summed E-state index contributed by atoms with van der Waals surface area (Å²) in [5, 5.41) is 5.65. The van der Waals surface area contributed by atoms with Gasteiger partial charge in [-0.2, -0.15) is 0 Å². The van der Waals surface area contributed by atoms with Crippen molar-refractivity contribution in [2.75, 3.05) is 19.7 Å². The monoisotopic (exact) mass is 377 g/mol. The molecule has 28 heavy (non-hydrogen) atoms. The Morgan fingerprint density at radius 1 is 1.18 bits per heavy atom. The molecule has 0 bridgehead atoms. The number of nitrogens with zero attached hydrogens (tertiary/aromatic N) is 1. The highest BCUT2D eigenvalue weighted by molar-refractivity contribution is 5.91. The van der Waals surface area contributed by atoms with Crippen LogP contribution >= 0.6 is 0 Å². The van der Waals surface area contributed by atoms with Gasteiger partial charge in [0.25, 0.3) is 0 Å². The lowest BCUT2D eigenvalue weighted by Crippen LogP contribution is -2.23. The van der Waals surface area contributed by atoms with E-state index >= 15 is 0 Å². The fourth-order valence-electron chi connectivity index (χ4n) is 3.18. The van der Waals surface area contributed by atoms with E-state index in [1.54, 1.807) is 6.21 Å². The molecule has 0 spiro atoms. The van der Waals surface area contributed by atoms with Crippen LogP contribution in [0.3, 0.4) is 0 Å². The summed E-state index contributed by atoms with van der Waals surface area (Å²) in [7, 11) is 0. The van der Waals surface area contributed by atoms with Crippen molar-refractivity contribution >= 4 is 22.6 Å². The van der Waals surface area contributed by atoms with Crippen molar-refractivity contribution in [2.24, 2.45) is 10.7 Å². The molecular weight excluding hydrogens is 346 g/mol. The molecule has 148 valence electrons. The number of ether oxygens (including phenoxy) is 1. The molecule has 0 fully saturated rings. The van der Waals surface area contributed by atoms with E-state index in [1.165, 1.54) is 0 Å². The van der Waals surface area contributed by atoms with Crippen LogP contribution in [0.5, 0.6) is 5.75 Å². The predicted octanol–water partition coefficient (Wildman–Crippen LogP) is 5.07. The van der Waals surface area contributed by atoms with Gasteiger partial charge in [-0.25, -0.2) is 4.99 Å². The first kappa shape index (κ1) is 21.5. The zero-order valence-electron chi connectivity index (χ0n) is 17.4. The van der Waals surface area contributed by atoms with Crippen LogP contribution in [0.25, 0.3) is 16.3 Å². The van der Waals surface area contributed by atoms with Crippen molar-refractivity contribution in [3.05, 3.63) is 71.6 Å².